The van der Waals surface area contributed by atoms with Gasteiger partial charge in [-0.15, -0.1) is 11.3 Å². The lowest BCUT2D eigenvalue weighted by atomic mass is 9.78. The lowest BCUT2D eigenvalue weighted by molar-refractivity contribution is -0.188. The summed E-state index contributed by atoms with van der Waals surface area (Å²) in [4.78, 5) is 23.3. The van der Waals surface area contributed by atoms with Crippen LogP contribution in [0.25, 0.3) is 10.2 Å². The van der Waals surface area contributed by atoms with E-state index in [1.165, 1.54) is 29.5 Å². The summed E-state index contributed by atoms with van der Waals surface area (Å²) in [7, 11) is 0. The van der Waals surface area contributed by atoms with E-state index in [0.717, 1.165) is 67.3 Å². The van der Waals surface area contributed by atoms with Crippen LogP contribution in [0.4, 0.5) is 17.2 Å². The van der Waals surface area contributed by atoms with E-state index in [4.69, 9.17) is 20.6 Å². The average Bonchev–Trinajstić information content (AvgIpc) is 3.19. The fourth-order valence-electron chi connectivity index (χ4n) is 4.89. The molecule has 4 N–H and O–H groups in total. The van der Waals surface area contributed by atoms with Crippen LogP contribution in [0.1, 0.15) is 35.8 Å². The molecule has 2 aromatic heterocycles. The quantitative estimate of drug-likeness (QED) is 0.270. The van der Waals surface area contributed by atoms with Crippen LogP contribution < -0.4 is 15.8 Å². The highest BCUT2D eigenvalue weighted by Crippen LogP contribution is 2.40. The molecule has 1 aliphatic carbocycles. The zero-order chi connectivity index (χ0) is 24.4. The molecule has 1 amide bonds. The molecule has 4 heterocycles. The van der Waals surface area contributed by atoms with Crippen molar-refractivity contribution in [3.63, 3.8) is 0 Å². The normalized spacial score (nSPS) is 17.5. The van der Waals surface area contributed by atoms with Crippen LogP contribution in [0.3, 0.4) is 0 Å². The predicted molar refractivity (Wildman–Crippen MR) is 138 cm³/mol. The Kier molecular flexibility index (Phi) is 6.57. The van der Waals surface area contributed by atoms with Gasteiger partial charge in [-0.2, -0.15) is 0 Å². The minimum absolute atomic E-state index is 0.390. The van der Waals surface area contributed by atoms with Crippen molar-refractivity contribution >= 4 is 51.4 Å². The van der Waals surface area contributed by atoms with E-state index >= 15 is 0 Å². The third-order valence-corrected chi connectivity index (χ3v) is 7.89. The van der Waals surface area contributed by atoms with E-state index in [2.05, 4.69) is 15.3 Å². The molecule has 2 aliphatic heterocycles. The summed E-state index contributed by atoms with van der Waals surface area (Å²) < 4.78 is 10.8. The highest BCUT2D eigenvalue weighted by atomic mass is 32.1. The number of hydrogen-bond donors (Lipinski definition) is 3. The summed E-state index contributed by atoms with van der Waals surface area (Å²) in [5.41, 5.74) is 9.70. The van der Waals surface area contributed by atoms with E-state index in [9.17, 15) is 4.79 Å². The predicted octanol–water partition coefficient (Wildman–Crippen LogP) is 3.77. The van der Waals surface area contributed by atoms with Crippen molar-refractivity contribution in [2.24, 2.45) is 5.41 Å². The fourth-order valence-corrected chi connectivity index (χ4v) is 6.11. The molecule has 35 heavy (non-hydrogen) atoms. The Morgan fingerprint density at radius 1 is 1.29 bits per heavy atom. The molecule has 184 valence electrons. The van der Waals surface area contributed by atoms with Gasteiger partial charge in [0.2, 0.25) is 6.41 Å². The smallest absolute Gasteiger partial charge is 0.209 e. The van der Waals surface area contributed by atoms with Crippen LogP contribution >= 0.6 is 11.3 Å². The topological polar surface area (TPSA) is 126 Å². The van der Waals surface area contributed by atoms with Crippen LogP contribution in [-0.4, -0.2) is 60.4 Å². The molecule has 0 radical (unpaired) electrons. The molecule has 2 fully saturated rings. The molecular weight excluding hydrogens is 464 g/mol. The van der Waals surface area contributed by atoms with Crippen LogP contribution in [0.15, 0.2) is 18.5 Å². The van der Waals surface area contributed by atoms with Crippen molar-refractivity contribution in [3.8, 4) is 5.75 Å². The first kappa shape index (κ1) is 23.5. The number of carbonyl (C=O) groups excluding carboxylic acids is 1. The van der Waals surface area contributed by atoms with Crippen molar-refractivity contribution in [1.82, 2.24) is 14.9 Å². The minimum Gasteiger partial charge on any atom is -0.492 e. The minimum atomic E-state index is 0.390. The summed E-state index contributed by atoms with van der Waals surface area (Å²) in [6.07, 6.45) is 8.40. The van der Waals surface area contributed by atoms with E-state index < -0.39 is 0 Å². The van der Waals surface area contributed by atoms with Crippen molar-refractivity contribution in [2.75, 3.05) is 44.0 Å². The Labute approximate surface area is 208 Å². The average molecular weight is 495 g/mol. The van der Waals surface area contributed by atoms with Gasteiger partial charge in [0.15, 0.2) is 0 Å². The van der Waals surface area contributed by atoms with E-state index in [-0.39, 0.29) is 0 Å². The number of aromatic nitrogens is 2. The second-order valence-electron chi connectivity index (χ2n) is 9.30. The maximum Gasteiger partial charge on any atom is 0.209 e. The molecule has 9 nitrogen and oxygen atoms in total. The Bertz CT molecular complexity index is 1250. The summed E-state index contributed by atoms with van der Waals surface area (Å²) in [5.74, 6) is 1.45. The number of rotatable bonds is 6. The van der Waals surface area contributed by atoms with Crippen LogP contribution in [0.2, 0.25) is 0 Å². The third-order valence-electron chi connectivity index (χ3n) is 6.69. The van der Waals surface area contributed by atoms with Crippen LogP contribution in [-0.2, 0) is 22.4 Å². The number of carbonyl (C=O) groups is 1. The molecule has 3 aromatic rings. The first-order valence-electron chi connectivity index (χ1n) is 11.9. The van der Waals surface area contributed by atoms with Gasteiger partial charge in [0.1, 0.15) is 22.7 Å². The largest absolute Gasteiger partial charge is 0.492 e. The van der Waals surface area contributed by atoms with E-state index in [1.807, 2.05) is 13.0 Å². The highest BCUT2D eigenvalue weighted by Gasteiger charge is 2.48. The standard InChI is InChI=1S/C19H21N5OS.C6H9NO2/c1-2-25-15-8-13(21)11(9-20)7-14(15)24-18-17-12-5-3-4-6-16(12)26-19(17)23-10-22-18;8-5-7-1-6(2-7)3-9-4-6/h7-10,20H,2-6,21H2,1H3,(H,22,23,24);5H,1-4H2. The number of aryl methyl sites for hydroxylation is 2. The van der Waals surface area contributed by atoms with Gasteiger partial charge in [0, 0.05) is 41.5 Å². The number of nitrogens with one attached hydrogen (secondary N) is 2. The van der Waals surface area contributed by atoms with Crippen molar-refractivity contribution < 1.29 is 14.3 Å². The zero-order valence-electron chi connectivity index (χ0n) is 19.8. The number of nitrogens with zero attached hydrogens (tertiary/aromatic N) is 3. The number of hydrogen-bond acceptors (Lipinski definition) is 9. The lowest BCUT2D eigenvalue weighted by Crippen LogP contribution is -2.65. The van der Waals surface area contributed by atoms with Crippen molar-refractivity contribution in [3.05, 3.63) is 34.5 Å². The molecule has 0 atom stereocenters. The van der Waals surface area contributed by atoms with Gasteiger partial charge in [-0.3, -0.25) is 4.79 Å². The Morgan fingerprint density at radius 2 is 2.09 bits per heavy atom. The molecule has 1 aromatic carbocycles. The second-order valence-corrected chi connectivity index (χ2v) is 10.4. The van der Waals surface area contributed by atoms with Crippen LogP contribution in [0.5, 0.6) is 5.75 Å². The van der Waals surface area contributed by atoms with Gasteiger partial charge in [0.25, 0.3) is 0 Å². The van der Waals surface area contributed by atoms with Gasteiger partial charge in [-0.05, 0) is 44.2 Å². The summed E-state index contributed by atoms with van der Waals surface area (Å²) >= 11 is 1.77. The first-order valence-corrected chi connectivity index (χ1v) is 12.7. The number of amides is 1. The first-order chi connectivity index (χ1) is 17.1. The maximum atomic E-state index is 10.1. The molecule has 2 saturated heterocycles. The number of thiophene rings is 1. The van der Waals surface area contributed by atoms with Crippen molar-refractivity contribution in [1.29, 1.82) is 5.41 Å². The van der Waals surface area contributed by atoms with E-state index in [1.54, 1.807) is 28.6 Å². The van der Waals surface area contributed by atoms with Gasteiger partial charge >= 0.3 is 0 Å². The molecule has 6 rings (SSSR count). The summed E-state index contributed by atoms with van der Waals surface area (Å²) in [6.45, 7) is 6.01. The number of benzene rings is 1. The number of anilines is 3. The Hall–Kier alpha value is -3.24. The molecule has 3 aliphatic rings. The highest BCUT2D eigenvalue weighted by molar-refractivity contribution is 7.19. The van der Waals surface area contributed by atoms with Crippen molar-refractivity contribution in [2.45, 2.75) is 32.6 Å². The number of likely N-dealkylation sites (tertiary alicyclic amines) is 1. The lowest BCUT2D eigenvalue weighted by Gasteiger charge is -2.53. The molecule has 0 unspecified atom stereocenters. The van der Waals surface area contributed by atoms with Gasteiger partial charge in [-0.25, -0.2) is 9.97 Å². The van der Waals surface area contributed by atoms with Gasteiger partial charge < -0.3 is 30.8 Å². The molecule has 1 spiro atoms. The number of ether oxygens (including phenoxy) is 2. The number of nitrogen functional groups attached to an aromatic ring is 1. The SMILES string of the molecule is CCOc1cc(N)c(C=N)cc1Nc1ncnc2sc3c(c12)CCCC3.O=CN1CC2(COC2)C1. The zero-order valence-corrected chi connectivity index (χ0v) is 20.6. The summed E-state index contributed by atoms with van der Waals surface area (Å²) in [5, 5.41) is 12.1. The second kappa shape index (κ2) is 9.79. The molecule has 10 heteroatoms. The fraction of sp³-hybridized carbons (Fsp3) is 0.440. The molecule has 0 bridgehead atoms. The van der Waals surface area contributed by atoms with Crippen LogP contribution in [0, 0.1) is 10.8 Å². The Morgan fingerprint density at radius 3 is 2.77 bits per heavy atom. The monoisotopic (exact) mass is 494 g/mol. The molecular formula is C25H30N6O3S. The van der Waals surface area contributed by atoms with E-state index in [0.29, 0.717) is 29.0 Å². The Balaban J connectivity index is 0.000000234. The molecule has 0 saturated carbocycles. The third kappa shape index (κ3) is 4.55. The summed E-state index contributed by atoms with van der Waals surface area (Å²) in [6, 6.07) is 3.59. The maximum absolute atomic E-state index is 10.1. The number of nitrogens with two attached hydrogens (primary N) is 1. The number of fused-ring (bicyclic) bond motifs is 3. The van der Waals surface area contributed by atoms with Gasteiger partial charge in [-0.1, -0.05) is 0 Å². The van der Waals surface area contributed by atoms with Gasteiger partial charge in [0.05, 0.1) is 36.3 Å².